The molecule has 0 aromatic carbocycles. The Bertz CT molecular complexity index is 342. The van der Waals surface area contributed by atoms with E-state index in [-0.39, 0.29) is 36.9 Å². The Balaban J connectivity index is 2.26. The molecule has 90 valence electrons. The second-order valence-corrected chi connectivity index (χ2v) is 7.81. The van der Waals surface area contributed by atoms with Gasteiger partial charge in [0.15, 0.2) is 0 Å². The van der Waals surface area contributed by atoms with Gasteiger partial charge in [-0.25, -0.2) is 0 Å². The molecule has 0 saturated carbocycles. The average molecular weight is 289 g/mol. The monoisotopic (exact) mass is 290 g/mol. The fraction of sp³-hybridized carbons (Fsp3) is 0.750. The van der Waals surface area contributed by atoms with Crippen LogP contribution in [0.4, 0.5) is 0 Å². The quantitative estimate of drug-likeness (QED) is 0.546. The number of methoxy groups -OCH3 is 1. The molecular weight excluding hydrogens is 271 g/mol. The van der Waals surface area contributed by atoms with Gasteiger partial charge in [-0.05, 0) is 0 Å². The molecule has 3 nitrogen and oxygen atoms in total. The summed E-state index contributed by atoms with van der Waals surface area (Å²) >= 11 is 0.180. The molecule has 0 aromatic rings. The van der Waals surface area contributed by atoms with Crippen LogP contribution in [-0.2, 0) is 14.3 Å². The Kier molecular flexibility index (Phi) is 2.73. The van der Waals surface area contributed by atoms with Crippen LogP contribution in [0.3, 0.4) is 0 Å². The fourth-order valence-corrected chi connectivity index (χ4v) is 5.76. The zero-order valence-corrected chi connectivity index (χ0v) is 12.1. The van der Waals surface area contributed by atoms with Gasteiger partial charge in [0, 0.05) is 0 Å². The zero-order chi connectivity index (χ0) is 12.1. The van der Waals surface area contributed by atoms with E-state index in [1.165, 1.54) is 17.2 Å². The van der Waals surface area contributed by atoms with Gasteiger partial charge in [0.1, 0.15) is 0 Å². The molecule has 0 radical (unpaired) electrons. The van der Waals surface area contributed by atoms with Crippen LogP contribution in [0.25, 0.3) is 0 Å². The van der Waals surface area contributed by atoms with Gasteiger partial charge in [-0.15, -0.1) is 0 Å². The number of carbonyl (C=O) groups is 1. The van der Waals surface area contributed by atoms with Crippen molar-refractivity contribution in [2.24, 2.45) is 0 Å². The molecule has 0 fully saturated rings. The van der Waals surface area contributed by atoms with Crippen LogP contribution < -0.4 is 0 Å². The summed E-state index contributed by atoms with van der Waals surface area (Å²) in [5, 5.41) is 0. The Morgan fingerprint density at radius 3 is 2.50 bits per heavy atom. The standard InChI is InChI=1S/C12H18O3Se/c1-11(2)7-6-8(10(13)14-5)16-9(7)12(3,4)15-11/h8H,6H2,1-5H3. The van der Waals surface area contributed by atoms with Crippen molar-refractivity contribution in [2.75, 3.05) is 7.11 Å². The molecule has 1 atom stereocenters. The van der Waals surface area contributed by atoms with E-state index in [1.807, 2.05) is 0 Å². The Morgan fingerprint density at radius 2 is 2.00 bits per heavy atom. The zero-order valence-electron chi connectivity index (χ0n) is 10.4. The van der Waals surface area contributed by atoms with Crippen molar-refractivity contribution in [3.05, 3.63) is 10.0 Å². The van der Waals surface area contributed by atoms with Crippen molar-refractivity contribution >= 4 is 20.9 Å². The predicted octanol–water partition coefficient (Wildman–Crippen LogP) is 1.90. The Hall–Kier alpha value is -0.311. The number of carbonyl (C=O) groups excluding carboxylic acids is 1. The molecule has 1 unspecified atom stereocenters. The van der Waals surface area contributed by atoms with Gasteiger partial charge in [-0.2, -0.15) is 0 Å². The van der Waals surface area contributed by atoms with Crippen LogP contribution >= 0.6 is 0 Å². The van der Waals surface area contributed by atoms with E-state index in [0.29, 0.717) is 0 Å². The van der Waals surface area contributed by atoms with E-state index in [1.54, 1.807) is 0 Å². The fourth-order valence-electron chi connectivity index (χ4n) is 2.57. The van der Waals surface area contributed by atoms with E-state index in [2.05, 4.69) is 27.7 Å². The molecule has 0 aliphatic carbocycles. The maximum absolute atomic E-state index is 11.6. The van der Waals surface area contributed by atoms with Gasteiger partial charge in [-0.3, -0.25) is 0 Å². The summed E-state index contributed by atoms with van der Waals surface area (Å²) in [5.74, 6) is -0.0685. The van der Waals surface area contributed by atoms with Gasteiger partial charge in [-0.1, -0.05) is 0 Å². The van der Waals surface area contributed by atoms with Crippen molar-refractivity contribution in [3.8, 4) is 0 Å². The maximum atomic E-state index is 11.6. The second-order valence-electron chi connectivity index (χ2n) is 5.26. The molecule has 16 heavy (non-hydrogen) atoms. The first kappa shape index (κ1) is 12.2. The third kappa shape index (κ3) is 1.73. The Labute approximate surface area is 103 Å². The molecule has 0 amide bonds. The molecule has 2 aliphatic heterocycles. The van der Waals surface area contributed by atoms with Crippen LogP contribution in [-0.4, -0.2) is 39.2 Å². The molecule has 0 bridgehead atoms. The number of hydrogen-bond acceptors (Lipinski definition) is 3. The van der Waals surface area contributed by atoms with Gasteiger partial charge in [0.25, 0.3) is 0 Å². The summed E-state index contributed by atoms with van der Waals surface area (Å²) in [6.07, 6.45) is 0.818. The second kappa shape index (κ2) is 3.59. The molecule has 2 aliphatic rings. The number of ether oxygens (including phenoxy) is 2. The van der Waals surface area contributed by atoms with Crippen molar-refractivity contribution in [1.82, 2.24) is 0 Å². The molecule has 2 heterocycles. The van der Waals surface area contributed by atoms with E-state index >= 15 is 0 Å². The summed E-state index contributed by atoms with van der Waals surface area (Å²) < 4.78 is 12.3. The predicted molar refractivity (Wildman–Crippen MR) is 62.4 cm³/mol. The number of hydrogen-bond donors (Lipinski definition) is 0. The molecule has 2 rings (SSSR count). The molecule has 0 spiro atoms. The first-order valence-corrected chi connectivity index (χ1v) is 7.31. The minimum atomic E-state index is -0.219. The van der Waals surface area contributed by atoms with Gasteiger partial charge < -0.3 is 0 Å². The van der Waals surface area contributed by atoms with Crippen LogP contribution in [0.1, 0.15) is 34.1 Å². The summed E-state index contributed by atoms with van der Waals surface area (Å²) in [5.41, 5.74) is 0.901. The number of esters is 1. The van der Waals surface area contributed by atoms with Crippen LogP contribution in [0.5, 0.6) is 0 Å². The van der Waals surface area contributed by atoms with E-state index in [4.69, 9.17) is 9.47 Å². The normalized spacial score (nSPS) is 30.4. The van der Waals surface area contributed by atoms with Crippen molar-refractivity contribution < 1.29 is 14.3 Å². The van der Waals surface area contributed by atoms with Crippen molar-refractivity contribution in [1.29, 1.82) is 0 Å². The summed E-state index contributed by atoms with van der Waals surface area (Å²) in [4.78, 5) is 11.7. The first-order chi connectivity index (χ1) is 7.28. The van der Waals surface area contributed by atoms with Crippen LogP contribution in [0.15, 0.2) is 10.0 Å². The third-order valence-corrected chi connectivity index (χ3v) is 6.56. The van der Waals surface area contributed by atoms with Crippen LogP contribution in [0, 0.1) is 0 Å². The van der Waals surface area contributed by atoms with Gasteiger partial charge in [0.2, 0.25) is 0 Å². The third-order valence-electron chi connectivity index (χ3n) is 3.17. The van der Waals surface area contributed by atoms with E-state index in [0.717, 1.165) is 6.42 Å². The molecule has 0 N–H and O–H groups in total. The topological polar surface area (TPSA) is 35.5 Å². The average Bonchev–Trinajstić information content (AvgIpc) is 2.65. The molecule has 0 saturated heterocycles. The SMILES string of the molecule is COC(=O)C1CC2=C([Se]1)C(C)(C)OC2(C)C. The summed E-state index contributed by atoms with van der Waals surface area (Å²) in [6.45, 7) is 8.37. The van der Waals surface area contributed by atoms with Crippen LogP contribution in [0.2, 0.25) is 4.82 Å². The molecule has 0 aromatic heterocycles. The summed E-state index contributed by atoms with van der Waals surface area (Å²) in [6, 6.07) is 0. The van der Waals surface area contributed by atoms with Gasteiger partial charge >= 0.3 is 102 Å². The van der Waals surface area contributed by atoms with E-state index in [9.17, 15) is 4.79 Å². The van der Waals surface area contributed by atoms with Crippen molar-refractivity contribution in [3.63, 3.8) is 0 Å². The first-order valence-electron chi connectivity index (χ1n) is 5.47. The molecular formula is C12H18O3Se. The summed E-state index contributed by atoms with van der Waals surface area (Å²) in [7, 11) is 1.47. The minimum absolute atomic E-state index is 0.0601. The number of rotatable bonds is 1. The Morgan fingerprint density at radius 1 is 1.38 bits per heavy atom. The van der Waals surface area contributed by atoms with Crippen molar-refractivity contribution in [2.45, 2.75) is 50.1 Å². The van der Waals surface area contributed by atoms with E-state index < -0.39 is 0 Å². The molecule has 4 heteroatoms. The van der Waals surface area contributed by atoms with Gasteiger partial charge in [0.05, 0.1) is 0 Å².